The topological polar surface area (TPSA) is 52.7 Å². The molecule has 1 aliphatic heterocycles. The van der Waals surface area contributed by atoms with Crippen molar-refractivity contribution in [2.45, 2.75) is 31.8 Å². The molecule has 19 heavy (non-hydrogen) atoms. The van der Waals surface area contributed by atoms with Crippen molar-refractivity contribution in [2.24, 2.45) is 5.73 Å². The van der Waals surface area contributed by atoms with Crippen LogP contribution in [-0.4, -0.2) is 43.2 Å². The Morgan fingerprint density at radius 2 is 2.26 bits per heavy atom. The molecule has 4 heteroatoms. The van der Waals surface area contributed by atoms with E-state index in [1.165, 1.54) is 19.4 Å². The van der Waals surface area contributed by atoms with Gasteiger partial charge in [-0.1, -0.05) is 6.07 Å². The molecule has 0 bridgehead atoms. The summed E-state index contributed by atoms with van der Waals surface area (Å²) in [5, 5.41) is 10.0. The minimum absolute atomic E-state index is 0.139. The average molecular weight is 263 g/mol. The Labute approximate surface area is 115 Å². The lowest BCUT2D eigenvalue weighted by atomic mass is 10.1. The molecule has 1 aromatic rings. The Bertz CT molecular complexity index is 433. The van der Waals surface area contributed by atoms with Gasteiger partial charge in [0, 0.05) is 43.0 Å². The number of phenolic OH excluding ortho intramolecular Hbond substituents is 1. The maximum atomic E-state index is 10.0. The van der Waals surface area contributed by atoms with Crippen LogP contribution >= 0.6 is 0 Å². The number of likely N-dealkylation sites (tertiary alicyclic amines) is 1. The Kier molecular flexibility index (Phi) is 4.32. The molecule has 0 amide bonds. The molecular weight excluding hydrogens is 238 g/mol. The summed E-state index contributed by atoms with van der Waals surface area (Å²) in [5.41, 5.74) is 7.66. The zero-order chi connectivity index (χ0) is 14.0. The molecule has 4 nitrogen and oxygen atoms in total. The maximum absolute atomic E-state index is 10.0. The lowest BCUT2D eigenvalue weighted by molar-refractivity contribution is 0.314. The number of aromatic hydroxyl groups is 1. The summed E-state index contributed by atoms with van der Waals surface area (Å²) in [5.74, 6) is 0.291. The quantitative estimate of drug-likeness (QED) is 0.871. The molecule has 1 saturated heterocycles. The number of phenols is 1. The first-order valence-electron chi connectivity index (χ1n) is 6.99. The van der Waals surface area contributed by atoms with Crippen LogP contribution in [0.15, 0.2) is 18.2 Å². The molecule has 2 rings (SSSR count). The van der Waals surface area contributed by atoms with Crippen molar-refractivity contribution in [3.63, 3.8) is 0 Å². The molecule has 1 aromatic carbocycles. The third-order valence-electron chi connectivity index (χ3n) is 4.10. The van der Waals surface area contributed by atoms with Crippen LogP contribution in [0.1, 0.15) is 31.4 Å². The Morgan fingerprint density at radius 3 is 2.79 bits per heavy atom. The number of hydrogen-bond acceptors (Lipinski definition) is 4. The number of likely N-dealkylation sites (N-methyl/N-ethyl adjacent to an activating group) is 2. The summed E-state index contributed by atoms with van der Waals surface area (Å²) >= 11 is 0. The third kappa shape index (κ3) is 3.19. The highest BCUT2D eigenvalue weighted by molar-refractivity contribution is 5.53. The first-order chi connectivity index (χ1) is 8.99. The molecule has 1 aliphatic rings. The van der Waals surface area contributed by atoms with Crippen molar-refractivity contribution < 1.29 is 5.11 Å². The largest absolute Gasteiger partial charge is 0.508 e. The van der Waals surface area contributed by atoms with E-state index >= 15 is 0 Å². The molecule has 2 atom stereocenters. The summed E-state index contributed by atoms with van der Waals surface area (Å²) in [6.07, 6.45) is 2.54. The van der Waals surface area contributed by atoms with Crippen molar-refractivity contribution in [3.05, 3.63) is 23.8 Å². The minimum Gasteiger partial charge on any atom is -0.508 e. The second kappa shape index (κ2) is 5.80. The predicted octanol–water partition coefficient (Wildman–Crippen LogP) is 1.94. The van der Waals surface area contributed by atoms with E-state index in [1.54, 1.807) is 0 Å². The maximum Gasteiger partial charge on any atom is 0.122 e. The van der Waals surface area contributed by atoms with Gasteiger partial charge in [0.05, 0.1) is 0 Å². The molecule has 0 radical (unpaired) electrons. The van der Waals surface area contributed by atoms with Crippen LogP contribution in [0.25, 0.3) is 0 Å². The van der Waals surface area contributed by atoms with Crippen molar-refractivity contribution in [1.82, 2.24) is 4.90 Å². The van der Waals surface area contributed by atoms with Gasteiger partial charge >= 0.3 is 0 Å². The van der Waals surface area contributed by atoms with Crippen molar-refractivity contribution in [1.29, 1.82) is 0 Å². The fraction of sp³-hybridized carbons (Fsp3) is 0.600. The highest BCUT2D eigenvalue weighted by Crippen LogP contribution is 2.28. The first kappa shape index (κ1) is 14.2. The van der Waals surface area contributed by atoms with E-state index in [2.05, 4.69) is 23.9 Å². The van der Waals surface area contributed by atoms with E-state index in [0.717, 1.165) is 17.8 Å². The molecule has 0 spiro atoms. The van der Waals surface area contributed by atoms with Gasteiger partial charge in [0.2, 0.25) is 0 Å². The van der Waals surface area contributed by atoms with E-state index in [4.69, 9.17) is 5.73 Å². The van der Waals surface area contributed by atoms with Gasteiger partial charge in [-0.3, -0.25) is 0 Å². The molecule has 0 aromatic heterocycles. The molecular formula is C15H25N3O. The predicted molar refractivity (Wildman–Crippen MR) is 79.6 cm³/mol. The Balaban J connectivity index is 2.07. The number of anilines is 1. The van der Waals surface area contributed by atoms with E-state index in [0.29, 0.717) is 11.8 Å². The lowest BCUT2D eigenvalue weighted by Crippen LogP contribution is -2.36. The number of nitrogens with two attached hydrogens (primary N) is 1. The van der Waals surface area contributed by atoms with Crippen LogP contribution in [0.2, 0.25) is 0 Å². The van der Waals surface area contributed by atoms with Crippen molar-refractivity contribution in [3.8, 4) is 5.75 Å². The fourth-order valence-corrected chi connectivity index (χ4v) is 2.79. The Morgan fingerprint density at radius 1 is 1.53 bits per heavy atom. The molecule has 1 fully saturated rings. The highest BCUT2D eigenvalue weighted by atomic mass is 16.3. The number of nitrogens with zero attached hydrogens (tertiary/aromatic N) is 2. The van der Waals surface area contributed by atoms with Crippen LogP contribution < -0.4 is 10.6 Å². The van der Waals surface area contributed by atoms with Crippen LogP contribution in [0.4, 0.5) is 5.69 Å². The lowest BCUT2D eigenvalue weighted by Gasteiger charge is -2.27. The van der Waals surface area contributed by atoms with Crippen molar-refractivity contribution in [2.75, 3.05) is 32.1 Å². The third-order valence-corrected chi connectivity index (χ3v) is 4.10. The summed E-state index contributed by atoms with van der Waals surface area (Å²) in [6.45, 7) is 4.06. The van der Waals surface area contributed by atoms with Crippen LogP contribution in [0, 0.1) is 0 Å². The van der Waals surface area contributed by atoms with E-state index < -0.39 is 0 Å². The van der Waals surface area contributed by atoms with Gasteiger partial charge in [0.15, 0.2) is 0 Å². The van der Waals surface area contributed by atoms with E-state index in [1.807, 2.05) is 25.1 Å². The monoisotopic (exact) mass is 263 g/mol. The van der Waals surface area contributed by atoms with Crippen molar-refractivity contribution >= 4 is 5.69 Å². The minimum atomic E-state index is -0.139. The van der Waals surface area contributed by atoms with Crippen LogP contribution in [0.5, 0.6) is 5.75 Å². The van der Waals surface area contributed by atoms with Gasteiger partial charge in [0.25, 0.3) is 0 Å². The summed E-state index contributed by atoms with van der Waals surface area (Å²) < 4.78 is 0. The van der Waals surface area contributed by atoms with Gasteiger partial charge in [-0.15, -0.1) is 0 Å². The number of hydrogen-bond donors (Lipinski definition) is 2. The molecule has 106 valence electrons. The first-order valence-corrected chi connectivity index (χ1v) is 6.99. The van der Waals surface area contributed by atoms with Crippen LogP contribution in [0.3, 0.4) is 0 Å². The SMILES string of the molecule is CC(N)c1ccc(N(C)CC2CCCN2C)cc1O. The number of benzene rings is 1. The van der Waals surface area contributed by atoms with Gasteiger partial charge in [0.1, 0.15) is 5.75 Å². The van der Waals surface area contributed by atoms with Gasteiger partial charge in [-0.25, -0.2) is 0 Å². The van der Waals surface area contributed by atoms with Gasteiger partial charge in [-0.05, 0) is 39.4 Å². The smallest absolute Gasteiger partial charge is 0.122 e. The van der Waals surface area contributed by atoms with E-state index in [-0.39, 0.29) is 6.04 Å². The fourth-order valence-electron chi connectivity index (χ4n) is 2.79. The molecule has 0 saturated carbocycles. The van der Waals surface area contributed by atoms with E-state index in [9.17, 15) is 5.11 Å². The Hall–Kier alpha value is -1.26. The summed E-state index contributed by atoms with van der Waals surface area (Å²) in [6, 6.07) is 6.24. The second-order valence-corrected chi connectivity index (χ2v) is 5.69. The highest BCUT2D eigenvalue weighted by Gasteiger charge is 2.22. The average Bonchev–Trinajstić information content (AvgIpc) is 2.74. The molecule has 1 heterocycles. The van der Waals surface area contributed by atoms with Gasteiger partial charge in [-0.2, -0.15) is 0 Å². The zero-order valence-electron chi connectivity index (χ0n) is 12.1. The standard InChI is InChI=1S/C15H25N3O/c1-11(16)14-7-6-12(9-15(14)19)18(3)10-13-5-4-8-17(13)2/h6-7,9,11,13,19H,4-5,8,10,16H2,1-3H3. The van der Waals surface area contributed by atoms with Crippen LogP contribution in [-0.2, 0) is 0 Å². The molecule has 3 N–H and O–H groups in total. The normalized spacial score (nSPS) is 21.6. The summed E-state index contributed by atoms with van der Waals surface area (Å²) in [4.78, 5) is 4.61. The summed E-state index contributed by atoms with van der Waals surface area (Å²) in [7, 11) is 4.26. The molecule has 2 unspecified atom stereocenters. The number of rotatable bonds is 4. The zero-order valence-corrected chi connectivity index (χ0v) is 12.1. The molecule has 0 aliphatic carbocycles. The van der Waals surface area contributed by atoms with Gasteiger partial charge < -0.3 is 20.6 Å². The second-order valence-electron chi connectivity index (χ2n) is 5.69.